The lowest BCUT2D eigenvalue weighted by atomic mass is 9.98. The van der Waals surface area contributed by atoms with Crippen LogP contribution >= 0.6 is 0 Å². The summed E-state index contributed by atoms with van der Waals surface area (Å²) in [4.78, 5) is 30.1. The zero-order valence-electron chi connectivity index (χ0n) is 22.7. The third-order valence-corrected chi connectivity index (χ3v) is 5.41. The second-order valence-corrected chi connectivity index (χ2v) is 10.2. The highest BCUT2D eigenvalue weighted by molar-refractivity contribution is 6.02. The van der Waals surface area contributed by atoms with E-state index in [0.717, 1.165) is 0 Å². The summed E-state index contributed by atoms with van der Waals surface area (Å²) >= 11 is 0. The van der Waals surface area contributed by atoms with E-state index in [9.17, 15) is 9.59 Å². The molecule has 0 aliphatic rings. The maximum absolute atomic E-state index is 13.9. The standard InChI is InChI=1S/C26H36N6O5/c1-16(2)13-20(25(34)27-26(4,5)6)32(19-11-10-18(35-7)14-22(19)36-8)23(33)15-31-29-24(28-30-31)21-12-9-17(3)37-21/h9-12,14,16,20H,13,15H2,1-8H3,(H,27,34)/t20-/m1/s1. The van der Waals surface area contributed by atoms with E-state index in [-0.39, 0.29) is 24.2 Å². The number of tetrazole rings is 1. The zero-order chi connectivity index (χ0) is 27.3. The minimum Gasteiger partial charge on any atom is -0.497 e. The largest absolute Gasteiger partial charge is 0.497 e. The second kappa shape index (κ2) is 11.4. The molecule has 1 aromatic carbocycles. The number of furan rings is 1. The summed E-state index contributed by atoms with van der Waals surface area (Å²) in [6.07, 6.45) is 0.421. The Morgan fingerprint density at radius 3 is 2.43 bits per heavy atom. The fourth-order valence-corrected chi connectivity index (χ4v) is 3.85. The monoisotopic (exact) mass is 512 g/mol. The quantitative estimate of drug-likeness (QED) is 0.437. The molecule has 1 N–H and O–H groups in total. The number of anilines is 1. The first-order valence-corrected chi connectivity index (χ1v) is 12.1. The lowest BCUT2D eigenvalue weighted by molar-refractivity contribution is -0.128. The molecule has 200 valence electrons. The third kappa shape index (κ3) is 7.08. The maximum Gasteiger partial charge on any atom is 0.251 e. The van der Waals surface area contributed by atoms with Crippen molar-refractivity contribution in [2.45, 2.75) is 66.1 Å². The molecule has 0 radical (unpaired) electrons. The molecule has 3 rings (SSSR count). The van der Waals surface area contributed by atoms with Crippen molar-refractivity contribution in [3.05, 3.63) is 36.1 Å². The molecule has 3 aromatic rings. The lowest BCUT2D eigenvalue weighted by Gasteiger charge is -2.35. The molecule has 0 unspecified atom stereocenters. The average Bonchev–Trinajstić information content (AvgIpc) is 3.46. The van der Waals surface area contributed by atoms with Gasteiger partial charge in [-0.25, -0.2) is 0 Å². The van der Waals surface area contributed by atoms with Crippen LogP contribution in [-0.4, -0.2) is 57.8 Å². The van der Waals surface area contributed by atoms with Crippen LogP contribution in [0, 0.1) is 12.8 Å². The van der Waals surface area contributed by atoms with E-state index >= 15 is 0 Å². The van der Waals surface area contributed by atoms with E-state index in [1.165, 1.54) is 16.8 Å². The molecule has 0 fully saturated rings. The Morgan fingerprint density at radius 2 is 1.86 bits per heavy atom. The highest BCUT2D eigenvalue weighted by atomic mass is 16.5. The Kier molecular flexibility index (Phi) is 8.57. The van der Waals surface area contributed by atoms with Crippen molar-refractivity contribution in [2.75, 3.05) is 19.1 Å². The summed E-state index contributed by atoms with van der Waals surface area (Å²) in [7, 11) is 3.05. The first-order valence-electron chi connectivity index (χ1n) is 12.1. The van der Waals surface area contributed by atoms with Crippen LogP contribution in [0.4, 0.5) is 5.69 Å². The fraction of sp³-hybridized carbons (Fsp3) is 0.500. The molecule has 2 aromatic heterocycles. The summed E-state index contributed by atoms with van der Waals surface area (Å²) in [5, 5.41) is 15.4. The molecule has 37 heavy (non-hydrogen) atoms. The molecule has 11 nitrogen and oxygen atoms in total. The number of carbonyl (C=O) groups excluding carboxylic acids is 2. The predicted octanol–water partition coefficient (Wildman–Crippen LogP) is 3.62. The number of aryl methyl sites for hydroxylation is 1. The van der Waals surface area contributed by atoms with Gasteiger partial charge < -0.3 is 19.2 Å². The van der Waals surface area contributed by atoms with E-state index in [2.05, 4.69) is 20.7 Å². The van der Waals surface area contributed by atoms with Gasteiger partial charge in [-0.05, 0) is 69.5 Å². The second-order valence-electron chi connectivity index (χ2n) is 10.2. The molecule has 0 bridgehead atoms. The van der Waals surface area contributed by atoms with Crippen molar-refractivity contribution in [3.8, 4) is 23.1 Å². The van der Waals surface area contributed by atoms with Gasteiger partial charge in [0, 0.05) is 11.6 Å². The summed E-state index contributed by atoms with van der Waals surface area (Å²) in [6, 6.07) is 7.82. The van der Waals surface area contributed by atoms with Crippen molar-refractivity contribution < 1.29 is 23.5 Å². The van der Waals surface area contributed by atoms with Crippen LogP contribution in [0.1, 0.15) is 46.8 Å². The summed E-state index contributed by atoms with van der Waals surface area (Å²) < 4.78 is 16.5. The van der Waals surface area contributed by atoms with Gasteiger partial charge in [0.1, 0.15) is 29.8 Å². The number of carbonyl (C=O) groups is 2. The first kappa shape index (κ1) is 27.7. The maximum atomic E-state index is 13.9. The van der Waals surface area contributed by atoms with Gasteiger partial charge in [0.2, 0.25) is 11.7 Å². The highest BCUT2D eigenvalue weighted by Gasteiger charge is 2.35. The third-order valence-electron chi connectivity index (χ3n) is 5.41. The number of nitrogens with zero attached hydrogens (tertiary/aromatic N) is 5. The van der Waals surface area contributed by atoms with Gasteiger partial charge in [0.15, 0.2) is 5.76 Å². The smallest absolute Gasteiger partial charge is 0.251 e. The molecule has 0 saturated carbocycles. The molecule has 0 aliphatic carbocycles. The van der Waals surface area contributed by atoms with Crippen molar-refractivity contribution in [1.29, 1.82) is 0 Å². The Morgan fingerprint density at radius 1 is 1.14 bits per heavy atom. The summed E-state index contributed by atoms with van der Waals surface area (Å²) in [6.45, 7) is 11.3. The first-order chi connectivity index (χ1) is 17.4. The number of hydrogen-bond donors (Lipinski definition) is 1. The Labute approximate surface area is 217 Å². The van der Waals surface area contributed by atoms with Crippen molar-refractivity contribution in [2.24, 2.45) is 5.92 Å². The van der Waals surface area contributed by atoms with Crippen LogP contribution in [-0.2, 0) is 16.1 Å². The van der Waals surface area contributed by atoms with E-state index in [0.29, 0.717) is 35.1 Å². The molecule has 2 heterocycles. The summed E-state index contributed by atoms with van der Waals surface area (Å²) in [5.74, 6) is 1.82. The topological polar surface area (TPSA) is 125 Å². The minimum atomic E-state index is -0.815. The number of methoxy groups -OCH3 is 2. The van der Waals surface area contributed by atoms with E-state index in [1.54, 1.807) is 37.4 Å². The number of nitrogens with one attached hydrogen (secondary N) is 1. The summed E-state index contributed by atoms with van der Waals surface area (Å²) in [5.41, 5.74) is -0.0563. The normalized spacial score (nSPS) is 12.4. The van der Waals surface area contributed by atoms with Gasteiger partial charge in [0.05, 0.1) is 19.9 Å². The van der Waals surface area contributed by atoms with Crippen LogP contribution in [0.5, 0.6) is 11.5 Å². The van der Waals surface area contributed by atoms with Gasteiger partial charge in [-0.3, -0.25) is 14.5 Å². The number of rotatable bonds is 10. The molecular formula is C26H36N6O5. The van der Waals surface area contributed by atoms with Gasteiger partial charge in [0.25, 0.3) is 5.91 Å². The van der Waals surface area contributed by atoms with E-state index in [4.69, 9.17) is 13.9 Å². The van der Waals surface area contributed by atoms with Crippen LogP contribution in [0.15, 0.2) is 34.7 Å². The van der Waals surface area contributed by atoms with Crippen molar-refractivity contribution in [3.63, 3.8) is 0 Å². The SMILES string of the molecule is COc1ccc(N(C(=O)Cn2nnc(-c3ccc(C)o3)n2)[C@H](CC(C)C)C(=O)NC(C)(C)C)c(OC)c1. The molecule has 0 aliphatic heterocycles. The molecule has 11 heteroatoms. The number of benzene rings is 1. The molecule has 1 atom stereocenters. The van der Waals surface area contributed by atoms with Gasteiger partial charge in [-0.2, -0.15) is 4.80 Å². The van der Waals surface area contributed by atoms with E-state index < -0.39 is 17.5 Å². The minimum absolute atomic E-state index is 0.119. The van der Waals surface area contributed by atoms with Gasteiger partial charge in [-0.1, -0.05) is 13.8 Å². The van der Waals surface area contributed by atoms with Crippen LogP contribution in [0.3, 0.4) is 0 Å². The van der Waals surface area contributed by atoms with Crippen molar-refractivity contribution in [1.82, 2.24) is 25.5 Å². The lowest BCUT2D eigenvalue weighted by Crippen LogP contribution is -2.55. The Hall–Kier alpha value is -3.89. The average molecular weight is 513 g/mol. The zero-order valence-corrected chi connectivity index (χ0v) is 22.7. The number of ether oxygens (including phenoxy) is 2. The van der Waals surface area contributed by atoms with Crippen LogP contribution < -0.4 is 19.7 Å². The number of hydrogen-bond acceptors (Lipinski definition) is 8. The van der Waals surface area contributed by atoms with Gasteiger partial charge in [-0.15, -0.1) is 10.2 Å². The number of aromatic nitrogens is 4. The highest BCUT2D eigenvalue weighted by Crippen LogP contribution is 2.35. The molecular weight excluding hydrogens is 476 g/mol. The predicted molar refractivity (Wildman–Crippen MR) is 138 cm³/mol. The van der Waals surface area contributed by atoms with E-state index in [1.807, 2.05) is 41.5 Å². The van der Waals surface area contributed by atoms with Gasteiger partial charge >= 0.3 is 0 Å². The fourth-order valence-electron chi connectivity index (χ4n) is 3.85. The Balaban J connectivity index is 2.03. The van der Waals surface area contributed by atoms with Crippen LogP contribution in [0.25, 0.3) is 11.6 Å². The number of amides is 2. The van der Waals surface area contributed by atoms with Crippen molar-refractivity contribution >= 4 is 17.5 Å². The van der Waals surface area contributed by atoms with Crippen LogP contribution in [0.2, 0.25) is 0 Å². The molecule has 0 spiro atoms. The molecule has 0 saturated heterocycles. The molecule has 2 amide bonds. The Bertz CT molecular complexity index is 1230.